The number of hydrogen-bond acceptors (Lipinski definition) is 4. The highest BCUT2D eigenvalue weighted by molar-refractivity contribution is 5.77. The van der Waals surface area contributed by atoms with Crippen LogP contribution in [0.25, 0.3) is 10.9 Å². The summed E-state index contributed by atoms with van der Waals surface area (Å²) in [6.45, 7) is 0.885. The summed E-state index contributed by atoms with van der Waals surface area (Å²) < 4.78 is 14.7. The molecule has 28 heavy (non-hydrogen) atoms. The van der Waals surface area contributed by atoms with E-state index in [0.29, 0.717) is 23.9 Å². The number of hydrogen-bond donors (Lipinski definition) is 0. The summed E-state index contributed by atoms with van der Waals surface area (Å²) in [5, 5.41) is 8.49. The van der Waals surface area contributed by atoms with Crippen LogP contribution in [-0.4, -0.2) is 38.4 Å². The number of likely N-dealkylation sites (tertiary alicyclic amines) is 1. The predicted molar refractivity (Wildman–Crippen MR) is 103 cm³/mol. The second kappa shape index (κ2) is 7.88. The van der Waals surface area contributed by atoms with Gasteiger partial charge in [0.25, 0.3) is 5.56 Å². The van der Waals surface area contributed by atoms with Crippen LogP contribution in [0.2, 0.25) is 0 Å². The van der Waals surface area contributed by atoms with Crippen LogP contribution < -0.4 is 5.56 Å². The zero-order valence-corrected chi connectivity index (χ0v) is 15.4. The van der Waals surface area contributed by atoms with Crippen molar-refractivity contribution in [2.24, 2.45) is 0 Å². The van der Waals surface area contributed by atoms with Crippen molar-refractivity contribution in [3.8, 4) is 0 Å². The number of rotatable bonds is 5. The fourth-order valence-electron chi connectivity index (χ4n) is 3.83. The largest absolute Gasteiger partial charge is 0.339 e. The lowest BCUT2D eigenvalue weighted by atomic mass is 10.0. The van der Waals surface area contributed by atoms with Gasteiger partial charge in [0.15, 0.2) is 0 Å². The Hall–Kier alpha value is -3.09. The molecule has 0 spiro atoms. The zero-order valence-electron chi connectivity index (χ0n) is 15.4. The molecule has 0 aliphatic carbocycles. The van der Waals surface area contributed by atoms with E-state index in [0.717, 1.165) is 18.4 Å². The lowest BCUT2D eigenvalue weighted by Crippen LogP contribution is -2.38. The Labute approximate surface area is 161 Å². The molecule has 1 atom stereocenters. The summed E-state index contributed by atoms with van der Waals surface area (Å²) in [5.74, 6) is -0.275. The van der Waals surface area contributed by atoms with Gasteiger partial charge in [-0.3, -0.25) is 9.59 Å². The maximum absolute atomic E-state index is 13.4. The van der Waals surface area contributed by atoms with Gasteiger partial charge in [-0.25, -0.2) is 9.07 Å². The molecule has 4 rings (SSSR count). The van der Waals surface area contributed by atoms with E-state index in [1.165, 1.54) is 16.8 Å². The van der Waals surface area contributed by atoms with Gasteiger partial charge in [-0.1, -0.05) is 29.5 Å². The highest BCUT2D eigenvalue weighted by Gasteiger charge is 2.28. The Kier molecular flexibility index (Phi) is 5.14. The molecule has 7 heteroatoms. The van der Waals surface area contributed by atoms with Crippen molar-refractivity contribution < 1.29 is 9.18 Å². The summed E-state index contributed by atoms with van der Waals surface area (Å²) >= 11 is 0. The third-order valence-electron chi connectivity index (χ3n) is 5.22. The van der Waals surface area contributed by atoms with Gasteiger partial charge in [0.1, 0.15) is 11.3 Å². The molecule has 1 amide bonds. The fraction of sp³-hybridized carbons (Fsp3) is 0.333. The van der Waals surface area contributed by atoms with Crippen LogP contribution in [0.3, 0.4) is 0 Å². The number of benzene rings is 2. The van der Waals surface area contributed by atoms with Crippen LogP contribution >= 0.6 is 0 Å². The van der Waals surface area contributed by atoms with E-state index in [-0.39, 0.29) is 36.3 Å². The minimum atomic E-state index is -0.261. The van der Waals surface area contributed by atoms with Crippen molar-refractivity contribution in [1.29, 1.82) is 0 Å². The van der Waals surface area contributed by atoms with Crippen molar-refractivity contribution in [3.05, 3.63) is 70.3 Å². The van der Waals surface area contributed by atoms with Gasteiger partial charge in [0.05, 0.1) is 11.9 Å². The monoisotopic (exact) mass is 380 g/mol. The third kappa shape index (κ3) is 3.78. The zero-order chi connectivity index (χ0) is 19.5. The van der Waals surface area contributed by atoms with Crippen LogP contribution in [0.5, 0.6) is 0 Å². The van der Waals surface area contributed by atoms with Gasteiger partial charge in [0, 0.05) is 19.0 Å². The second-order valence-corrected chi connectivity index (χ2v) is 7.10. The maximum Gasteiger partial charge on any atom is 0.277 e. The third-order valence-corrected chi connectivity index (χ3v) is 5.22. The normalized spacial score (nSPS) is 16.6. The summed E-state index contributed by atoms with van der Waals surface area (Å²) in [6.07, 6.45) is 2.66. The first-order valence-corrected chi connectivity index (χ1v) is 9.48. The van der Waals surface area contributed by atoms with Crippen molar-refractivity contribution in [2.45, 2.75) is 38.3 Å². The molecule has 3 aromatic rings. The first kappa shape index (κ1) is 18.3. The Bertz CT molecular complexity index is 1070. The Morgan fingerprint density at radius 2 is 2.04 bits per heavy atom. The smallest absolute Gasteiger partial charge is 0.277 e. The Balaban J connectivity index is 1.43. The van der Waals surface area contributed by atoms with Crippen LogP contribution in [0.15, 0.2) is 53.3 Å². The van der Waals surface area contributed by atoms with Gasteiger partial charge < -0.3 is 4.90 Å². The minimum absolute atomic E-state index is 0.0132. The standard InChI is InChI=1S/C21H21FN4O2/c22-16-6-3-5-15(13-16)14-17-7-4-11-25(17)20(27)10-12-26-21(28)18-8-1-2-9-19(18)23-24-26/h1-3,5-6,8-9,13,17H,4,7,10-12,14H2. The average Bonchev–Trinajstić information content (AvgIpc) is 3.16. The van der Waals surface area contributed by atoms with E-state index in [1.54, 1.807) is 30.3 Å². The van der Waals surface area contributed by atoms with E-state index in [4.69, 9.17) is 0 Å². The van der Waals surface area contributed by atoms with Crippen molar-refractivity contribution in [3.63, 3.8) is 0 Å². The van der Waals surface area contributed by atoms with Crippen molar-refractivity contribution in [2.75, 3.05) is 6.54 Å². The number of carbonyl (C=O) groups is 1. The fourth-order valence-corrected chi connectivity index (χ4v) is 3.83. The number of halogens is 1. The van der Waals surface area contributed by atoms with Crippen LogP contribution in [-0.2, 0) is 17.8 Å². The minimum Gasteiger partial charge on any atom is -0.339 e. The SMILES string of the molecule is O=C(CCn1nnc2ccccc2c1=O)N1CCCC1Cc1cccc(F)c1. The maximum atomic E-state index is 13.4. The van der Waals surface area contributed by atoms with Crippen LogP contribution in [0.4, 0.5) is 4.39 Å². The molecule has 0 saturated carbocycles. The molecular weight excluding hydrogens is 359 g/mol. The first-order valence-electron chi connectivity index (χ1n) is 9.48. The number of amides is 1. The van der Waals surface area contributed by atoms with Crippen LogP contribution in [0.1, 0.15) is 24.8 Å². The van der Waals surface area contributed by atoms with Gasteiger partial charge in [-0.15, -0.1) is 5.10 Å². The highest BCUT2D eigenvalue weighted by atomic mass is 19.1. The topological polar surface area (TPSA) is 68.1 Å². The number of aryl methyl sites for hydroxylation is 1. The first-order chi connectivity index (χ1) is 13.6. The summed E-state index contributed by atoms with van der Waals surface area (Å²) in [5.41, 5.74) is 1.20. The molecule has 1 saturated heterocycles. The van der Waals surface area contributed by atoms with E-state index in [1.807, 2.05) is 11.0 Å². The van der Waals surface area contributed by atoms with Gasteiger partial charge in [-0.05, 0) is 49.1 Å². The number of fused-ring (bicyclic) bond motifs is 1. The van der Waals surface area contributed by atoms with E-state index < -0.39 is 0 Å². The predicted octanol–water partition coefficient (Wildman–Crippen LogP) is 2.55. The number of aromatic nitrogens is 3. The Morgan fingerprint density at radius 3 is 2.89 bits per heavy atom. The summed E-state index contributed by atoms with van der Waals surface area (Å²) in [6, 6.07) is 13.6. The molecule has 1 aliphatic rings. The molecule has 0 N–H and O–H groups in total. The molecule has 1 aliphatic heterocycles. The van der Waals surface area contributed by atoms with E-state index in [2.05, 4.69) is 10.3 Å². The number of nitrogens with zero attached hydrogens (tertiary/aromatic N) is 4. The van der Waals surface area contributed by atoms with E-state index in [9.17, 15) is 14.0 Å². The van der Waals surface area contributed by atoms with Gasteiger partial charge >= 0.3 is 0 Å². The molecule has 2 aromatic carbocycles. The average molecular weight is 380 g/mol. The van der Waals surface area contributed by atoms with Gasteiger partial charge in [-0.2, -0.15) is 0 Å². The molecule has 6 nitrogen and oxygen atoms in total. The van der Waals surface area contributed by atoms with Crippen LogP contribution in [0, 0.1) is 5.82 Å². The van der Waals surface area contributed by atoms with Crippen molar-refractivity contribution in [1.82, 2.24) is 19.9 Å². The molecule has 0 radical (unpaired) electrons. The molecule has 1 unspecified atom stereocenters. The Morgan fingerprint density at radius 1 is 1.18 bits per heavy atom. The molecule has 1 fully saturated rings. The van der Waals surface area contributed by atoms with E-state index >= 15 is 0 Å². The van der Waals surface area contributed by atoms with Gasteiger partial charge in [0.2, 0.25) is 5.91 Å². The lowest BCUT2D eigenvalue weighted by molar-refractivity contribution is -0.132. The molecule has 2 heterocycles. The molecular formula is C21H21FN4O2. The van der Waals surface area contributed by atoms with Crippen molar-refractivity contribution >= 4 is 16.8 Å². The second-order valence-electron chi connectivity index (χ2n) is 7.10. The quantitative estimate of drug-likeness (QED) is 0.682. The molecule has 1 aromatic heterocycles. The number of carbonyl (C=O) groups excluding carboxylic acids is 1. The molecule has 144 valence electrons. The summed E-state index contributed by atoms with van der Waals surface area (Å²) in [7, 11) is 0. The highest BCUT2D eigenvalue weighted by Crippen LogP contribution is 2.22. The molecule has 0 bridgehead atoms. The summed E-state index contributed by atoms with van der Waals surface area (Å²) in [4.78, 5) is 27.1. The lowest BCUT2D eigenvalue weighted by Gasteiger charge is -2.25.